The first-order chi connectivity index (χ1) is 9.87. The Bertz CT molecular complexity index is 746. The molecule has 2 aromatic rings. The first kappa shape index (κ1) is 15.7. The zero-order valence-corrected chi connectivity index (χ0v) is 13.4. The topological polar surface area (TPSA) is 63.4 Å². The van der Waals surface area contributed by atoms with Crippen molar-refractivity contribution in [1.29, 1.82) is 0 Å². The van der Waals surface area contributed by atoms with Gasteiger partial charge in [0.25, 0.3) is 10.0 Å². The van der Waals surface area contributed by atoms with E-state index < -0.39 is 10.0 Å². The summed E-state index contributed by atoms with van der Waals surface area (Å²) in [6.07, 6.45) is 0. The maximum absolute atomic E-state index is 12.9. The van der Waals surface area contributed by atoms with Gasteiger partial charge in [0.2, 0.25) is 0 Å². The lowest BCUT2D eigenvalue weighted by molar-refractivity contribution is 0.591. The molecular formula is C15H17ClN2O2S. The van der Waals surface area contributed by atoms with E-state index in [-0.39, 0.29) is 10.6 Å². The van der Waals surface area contributed by atoms with Gasteiger partial charge < -0.3 is 5.73 Å². The summed E-state index contributed by atoms with van der Waals surface area (Å²) in [6, 6.07) is 12.0. The Hall–Kier alpha value is -1.72. The van der Waals surface area contributed by atoms with Gasteiger partial charge in [0.15, 0.2) is 0 Å². The van der Waals surface area contributed by atoms with Gasteiger partial charge in [-0.3, -0.25) is 4.31 Å². The summed E-state index contributed by atoms with van der Waals surface area (Å²) in [5.41, 5.74) is 7.20. The Morgan fingerprint density at radius 1 is 1.19 bits per heavy atom. The average molecular weight is 325 g/mol. The molecule has 4 nitrogen and oxygen atoms in total. The van der Waals surface area contributed by atoms with Crippen LogP contribution in [0.5, 0.6) is 0 Å². The van der Waals surface area contributed by atoms with Crippen LogP contribution in [0.1, 0.15) is 12.5 Å². The smallest absolute Gasteiger partial charge is 0.264 e. The summed E-state index contributed by atoms with van der Waals surface area (Å²) in [7, 11) is -3.68. The van der Waals surface area contributed by atoms with Crippen LogP contribution in [0.15, 0.2) is 47.4 Å². The normalized spacial score (nSPS) is 11.4. The van der Waals surface area contributed by atoms with Crippen molar-refractivity contribution in [2.45, 2.75) is 18.7 Å². The molecule has 6 heteroatoms. The third-order valence-corrected chi connectivity index (χ3v) is 5.57. The molecule has 0 aromatic heterocycles. The minimum atomic E-state index is -3.68. The van der Waals surface area contributed by atoms with Crippen molar-refractivity contribution in [1.82, 2.24) is 0 Å². The minimum Gasteiger partial charge on any atom is -0.397 e. The van der Waals surface area contributed by atoms with Gasteiger partial charge in [-0.15, -0.1) is 0 Å². The number of hydrogen-bond donors (Lipinski definition) is 1. The lowest BCUT2D eigenvalue weighted by Gasteiger charge is -2.24. The van der Waals surface area contributed by atoms with Gasteiger partial charge in [-0.25, -0.2) is 8.42 Å². The van der Waals surface area contributed by atoms with E-state index in [4.69, 9.17) is 17.3 Å². The molecule has 0 aliphatic rings. The van der Waals surface area contributed by atoms with Crippen molar-refractivity contribution >= 4 is 33.0 Å². The summed E-state index contributed by atoms with van der Waals surface area (Å²) in [4.78, 5) is 0.176. The number of nitrogens with zero attached hydrogens (tertiary/aromatic N) is 1. The predicted molar refractivity (Wildman–Crippen MR) is 87.2 cm³/mol. The fraction of sp³-hybridized carbons (Fsp3) is 0.200. The first-order valence-corrected chi connectivity index (χ1v) is 8.33. The van der Waals surface area contributed by atoms with Gasteiger partial charge in [-0.2, -0.15) is 0 Å². The van der Waals surface area contributed by atoms with E-state index in [1.807, 2.05) is 6.07 Å². The fourth-order valence-corrected chi connectivity index (χ4v) is 4.09. The number of sulfonamides is 1. The summed E-state index contributed by atoms with van der Waals surface area (Å²) in [6.45, 7) is 3.82. The second-order valence-electron chi connectivity index (χ2n) is 4.64. The fourth-order valence-electron chi connectivity index (χ4n) is 2.15. The van der Waals surface area contributed by atoms with Crippen molar-refractivity contribution in [3.63, 3.8) is 0 Å². The number of anilines is 2. The van der Waals surface area contributed by atoms with Crippen LogP contribution >= 0.6 is 11.6 Å². The highest BCUT2D eigenvalue weighted by Gasteiger charge is 2.26. The maximum atomic E-state index is 12.9. The van der Waals surface area contributed by atoms with E-state index in [9.17, 15) is 8.42 Å². The molecule has 0 bridgehead atoms. The Balaban J connectivity index is 2.58. The van der Waals surface area contributed by atoms with Gasteiger partial charge in [0.05, 0.1) is 21.3 Å². The molecule has 0 radical (unpaired) electrons. The molecule has 0 aliphatic heterocycles. The van der Waals surface area contributed by atoms with Crippen LogP contribution in [0, 0.1) is 6.92 Å². The molecule has 0 fully saturated rings. The molecule has 0 unspecified atom stereocenters. The highest BCUT2D eigenvalue weighted by molar-refractivity contribution is 7.92. The summed E-state index contributed by atoms with van der Waals surface area (Å²) in [5.74, 6) is 0. The lowest BCUT2D eigenvalue weighted by Crippen LogP contribution is -2.31. The monoisotopic (exact) mass is 324 g/mol. The van der Waals surface area contributed by atoms with E-state index in [1.54, 1.807) is 44.2 Å². The number of rotatable bonds is 4. The van der Waals surface area contributed by atoms with Gasteiger partial charge in [-0.1, -0.05) is 29.8 Å². The van der Waals surface area contributed by atoms with E-state index in [2.05, 4.69) is 0 Å². The number of benzene rings is 2. The highest BCUT2D eigenvalue weighted by Crippen LogP contribution is 2.30. The number of aryl methyl sites for hydroxylation is 1. The molecular weight excluding hydrogens is 308 g/mol. The molecule has 0 atom stereocenters. The minimum absolute atomic E-state index is 0.176. The van der Waals surface area contributed by atoms with Gasteiger partial charge in [0, 0.05) is 6.54 Å². The zero-order valence-electron chi connectivity index (χ0n) is 11.9. The van der Waals surface area contributed by atoms with Gasteiger partial charge in [-0.05, 0) is 43.7 Å². The Kier molecular flexibility index (Phi) is 4.44. The summed E-state index contributed by atoms with van der Waals surface area (Å²) < 4.78 is 27.1. The molecule has 0 saturated carbocycles. The van der Waals surface area contributed by atoms with Crippen molar-refractivity contribution < 1.29 is 8.42 Å². The molecule has 2 rings (SSSR count). The number of hydrogen-bond acceptors (Lipinski definition) is 3. The highest BCUT2D eigenvalue weighted by atomic mass is 35.5. The molecule has 0 aliphatic carbocycles. The number of nitrogen functional groups attached to an aromatic ring is 1. The van der Waals surface area contributed by atoms with Crippen molar-refractivity contribution in [2.75, 3.05) is 16.6 Å². The van der Waals surface area contributed by atoms with Crippen LogP contribution < -0.4 is 10.0 Å². The van der Waals surface area contributed by atoms with Crippen molar-refractivity contribution in [3.05, 3.63) is 53.1 Å². The molecule has 21 heavy (non-hydrogen) atoms. The molecule has 112 valence electrons. The molecule has 0 heterocycles. The van der Waals surface area contributed by atoms with Gasteiger partial charge in [0.1, 0.15) is 0 Å². The van der Waals surface area contributed by atoms with Crippen LogP contribution in [-0.2, 0) is 10.0 Å². The second-order valence-corrected chi connectivity index (χ2v) is 6.88. The van der Waals surface area contributed by atoms with E-state index >= 15 is 0 Å². The third kappa shape index (κ3) is 2.99. The van der Waals surface area contributed by atoms with Crippen molar-refractivity contribution in [2.24, 2.45) is 0 Å². The quantitative estimate of drug-likeness (QED) is 0.876. The second kappa shape index (κ2) is 5.95. The van der Waals surface area contributed by atoms with Crippen LogP contribution in [0.2, 0.25) is 5.02 Å². The van der Waals surface area contributed by atoms with Crippen LogP contribution in [0.3, 0.4) is 0 Å². The summed E-state index contributed by atoms with van der Waals surface area (Å²) in [5, 5.41) is 0.356. The van der Waals surface area contributed by atoms with Crippen molar-refractivity contribution in [3.8, 4) is 0 Å². The number of halogens is 1. The maximum Gasteiger partial charge on any atom is 0.264 e. The van der Waals surface area contributed by atoms with E-state index in [1.165, 1.54) is 10.4 Å². The molecule has 2 aromatic carbocycles. The summed E-state index contributed by atoms with van der Waals surface area (Å²) >= 11 is 5.93. The SMILES string of the molecule is CCN(c1ccccc1)S(=O)(=O)c1cc(N)c(Cl)cc1C. The third-order valence-electron chi connectivity index (χ3n) is 3.19. The van der Waals surface area contributed by atoms with Crippen LogP contribution in [0.25, 0.3) is 0 Å². The molecule has 0 amide bonds. The average Bonchev–Trinajstić information content (AvgIpc) is 2.44. The Morgan fingerprint density at radius 2 is 1.81 bits per heavy atom. The largest absolute Gasteiger partial charge is 0.397 e. The number of para-hydroxylation sites is 1. The van der Waals surface area contributed by atoms with Crippen LogP contribution in [0.4, 0.5) is 11.4 Å². The standard InChI is InChI=1S/C15H17ClN2O2S/c1-3-18(12-7-5-4-6-8-12)21(19,20)15-10-14(17)13(16)9-11(15)2/h4-10H,3,17H2,1-2H3. The van der Waals surface area contributed by atoms with E-state index in [0.717, 1.165) is 0 Å². The molecule has 2 N–H and O–H groups in total. The first-order valence-electron chi connectivity index (χ1n) is 6.51. The zero-order chi connectivity index (χ0) is 15.6. The molecule has 0 saturated heterocycles. The Morgan fingerprint density at radius 3 is 2.38 bits per heavy atom. The van der Waals surface area contributed by atoms with Gasteiger partial charge >= 0.3 is 0 Å². The number of nitrogens with two attached hydrogens (primary N) is 1. The van der Waals surface area contributed by atoms with Crippen LogP contribution in [-0.4, -0.2) is 15.0 Å². The lowest BCUT2D eigenvalue weighted by atomic mass is 10.2. The predicted octanol–water partition coefficient (Wildman–Crippen LogP) is 3.45. The van der Waals surface area contributed by atoms with E-state index in [0.29, 0.717) is 22.8 Å². The Labute approximate surface area is 130 Å². The molecule has 0 spiro atoms.